The van der Waals surface area contributed by atoms with E-state index in [0.717, 1.165) is 11.9 Å². The molecular formula is C19H14FN7O. The van der Waals surface area contributed by atoms with Gasteiger partial charge in [0.2, 0.25) is 0 Å². The Morgan fingerprint density at radius 1 is 1.00 bits per heavy atom. The number of carbonyl (C=O) groups excluding carboxylic acids is 1. The van der Waals surface area contributed by atoms with Crippen LogP contribution in [-0.4, -0.2) is 30.4 Å². The Bertz CT molecular complexity index is 1100. The third kappa shape index (κ3) is 3.83. The Labute approximate surface area is 159 Å². The van der Waals surface area contributed by atoms with E-state index in [1.807, 2.05) is 0 Å². The van der Waals surface area contributed by atoms with Gasteiger partial charge in [0, 0.05) is 36.0 Å². The van der Waals surface area contributed by atoms with Crippen LogP contribution < -0.4 is 10.6 Å². The van der Waals surface area contributed by atoms with Gasteiger partial charge in [-0.2, -0.15) is 0 Å². The molecule has 1 amide bonds. The number of nitrogens with zero attached hydrogens (tertiary/aromatic N) is 5. The Morgan fingerprint density at radius 3 is 2.57 bits per heavy atom. The molecule has 0 radical (unpaired) electrons. The minimum Gasteiger partial charge on any atom is -0.340 e. The van der Waals surface area contributed by atoms with Crippen molar-refractivity contribution in [1.82, 2.24) is 24.5 Å². The smallest absolute Gasteiger partial charge is 0.258 e. The molecular weight excluding hydrogens is 361 g/mol. The summed E-state index contributed by atoms with van der Waals surface area (Å²) >= 11 is 0. The Hall–Kier alpha value is -4.14. The zero-order chi connectivity index (χ0) is 19.3. The number of halogens is 1. The molecule has 2 N–H and O–H groups in total. The van der Waals surface area contributed by atoms with Crippen LogP contribution in [0.15, 0.2) is 73.8 Å². The maximum absolute atomic E-state index is 13.6. The summed E-state index contributed by atoms with van der Waals surface area (Å²) in [5.41, 5.74) is 1.24. The largest absolute Gasteiger partial charge is 0.340 e. The molecule has 0 unspecified atom stereocenters. The minimum atomic E-state index is -0.671. The van der Waals surface area contributed by atoms with Crippen LogP contribution >= 0.6 is 0 Å². The zero-order valence-corrected chi connectivity index (χ0v) is 14.5. The van der Waals surface area contributed by atoms with Crippen molar-refractivity contribution >= 4 is 23.1 Å². The number of aromatic nitrogens is 5. The summed E-state index contributed by atoms with van der Waals surface area (Å²) in [4.78, 5) is 28.2. The van der Waals surface area contributed by atoms with Crippen molar-refractivity contribution in [2.75, 3.05) is 10.6 Å². The molecule has 8 nitrogen and oxygen atoms in total. The van der Waals surface area contributed by atoms with Crippen molar-refractivity contribution in [3.8, 4) is 5.82 Å². The fraction of sp³-hybridized carbons (Fsp3) is 0. The zero-order valence-electron chi connectivity index (χ0n) is 14.5. The monoisotopic (exact) mass is 375 g/mol. The molecule has 138 valence electrons. The molecule has 3 aromatic heterocycles. The normalized spacial score (nSPS) is 10.5. The van der Waals surface area contributed by atoms with Gasteiger partial charge in [0.15, 0.2) is 5.82 Å². The van der Waals surface area contributed by atoms with Crippen LogP contribution in [-0.2, 0) is 0 Å². The summed E-state index contributed by atoms with van der Waals surface area (Å²) < 4.78 is 15.4. The van der Waals surface area contributed by atoms with Gasteiger partial charge in [-0.25, -0.2) is 19.3 Å². The van der Waals surface area contributed by atoms with E-state index in [2.05, 4.69) is 30.6 Å². The van der Waals surface area contributed by atoms with Gasteiger partial charge in [-0.05, 0) is 30.3 Å². The average Bonchev–Trinajstić information content (AvgIpc) is 3.25. The number of benzene rings is 1. The summed E-state index contributed by atoms with van der Waals surface area (Å²) in [5.74, 6) is 0.0738. The summed E-state index contributed by atoms with van der Waals surface area (Å²) in [6.07, 6.45) is 8.92. The highest BCUT2D eigenvalue weighted by Gasteiger charge is 2.11. The number of carbonyl (C=O) groups is 1. The van der Waals surface area contributed by atoms with Gasteiger partial charge in [-0.15, -0.1) is 0 Å². The molecule has 0 aliphatic carbocycles. The van der Waals surface area contributed by atoms with Crippen LogP contribution in [0.2, 0.25) is 0 Å². The van der Waals surface area contributed by atoms with Gasteiger partial charge < -0.3 is 10.6 Å². The first-order valence-corrected chi connectivity index (χ1v) is 8.27. The average molecular weight is 375 g/mol. The Balaban J connectivity index is 1.45. The molecule has 4 rings (SSSR count). The number of hydrogen-bond donors (Lipinski definition) is 2. The predicted octanol–water partition coefficient (Wildman–Crippen LogP) is 3.19. The van der Waals surface area contributed by atoms with Crippen molar-refractivity contribution in [2.24, 2.45) is 0 Å². The summed E-state index contributed by atoms with van der Waals surface area (Å²) in [5, 5.41) is 5.81. The van der Waals surface area contributed by atoms with Crippen molar-refractivity contribution in [3.63, 3.8) is 0 Å². The van der Waals surface area contributed by atoms with Crippen molar-refractivity contribution in [2.45, 2.75) is 0 Å². The highest BCUT2D eigenvalue weighted by molar-refractivity contribution is 6.04. The number of anilines is 3. The second-order valence-corrected chi connectivity index (χ2v) is 5.74. The number of hydrogen-bond acceptors (Lipinski definition) is 6. The maximum Gasteiger partial charge on any atom is 0.258 e. The summed E-state index contributed by atoms with van der Waals surface area (Å²) in [6.45, 7) is 0. The van der Waals surface area contributed by atoms with E-state index in [0.29, 0.717) is 17.3 Å². The van der Waals surface area contributed by atoms with Crippen LogP contribution in [0.25, 0.3) is 5.82 Å². The standard InChI is InChI=1S/C19H14FN7O/c20-16-10-21-6-5-15(16)19(28)26-14-3-1-13(2-4-14)25-17-9-18(24-11-23-17)27-8-7-22-12-27/h1-12H,(H,26,28)(H,23,24,25). The molecule has 0 aliphatic heterocycles. The SMILES string of the molecule is O=C(Nc1ccc(Nc2cc(-n3ccnc3)ncn2)cc1)c1ccncc1F. The third-order valence-electron chi connectivity index (χ3n) is 3.85. The highest BCUT2D eigenvalue weighted by atomic mass is 19.1. The van der Waals surface area contributed by atoms with E-state index < -0.39 is 11.7 Å². The van der Waals surface area contributed by atoms with Crippen molar-refractivity contribution in [3.05, 3.63) is 85.2 Å². The van der Waals surface area contributed by atoms with Crippen molar-refractivity contribution in [1.29, 1.82) is 0 Å². The lowest BCUT2D eigenvalue weighted by Gasteiger charge is -2.09. The molecule has 28 heavy (non-hydrogen) atoms. The lowest BCUT2D eigenvalue weighted by molar-refractivity contribution is 0.102. The fourth-order valence-corrected chi connectivity index (χ4v) is 2.49. The van der Waals surface area contributed by atoms with Crippen LogP contribution in [0.4, 0.5) is 21.6 Å². The number of pyridine rings is 1. The van der Waals surface area contributed by atoms with E-state index in [-0.39, 0.29) is 5.56 Å². The quantitative estimate of drug-likeness (QED) is 0.556. The molecule has 3 heterocycles. The molecule has 0 atom stereocenters. The van der Waals surface area contributed by atoms with Crippen LogP contribution in [0.3, 0.4) is 0 Å². The molecule has 0 spiro atoms. The van der Waals surface area contributed by atoms with E-state index in [1.54, 1.807) is 53.6 Å². The summed E-state index contributed by atoms with van der Waals surface area (Å²) in [7, 11) is 0. The van der Waals surface area contributed by atoms with Gasteiger partial charge in [0.25, 0.3) is 5.91 Å². The number of rotatable bonds is 5. The summed E-state index contributed by atoms with van der Waals surface area (Å²) in [6, 6.07) is 10.1. The first-order chi connectivity index (χ1) is 13.7. The van der Waals surface area contributed by atoms with E-state index in [4.69, 9.17) is 0 Å². The maximum atomic E-state index is 13.6. The number of nitrogens with one attached hydrogen (secondary N) is 2. The van der Waals surface area contributed by atoms with Crippen LogP contribution in [0, 0.1) is 5.82 Å². The molecule has 0 saturated heterocycles. The van der Waals surface area contributed by atoms with Gasteiger partial charge in [-0.3, -0.25) is 14.3 Å². The van der Waals surface area contributed by atoms with Gasteiger partial charge in [0.1, 0.15) is 24.3 Å². The van der Waals surface area contributed by atoms with E-state index in [9.17, 15) is 9.18 Å². The van der Waals surface area contributed by atoms with Gasteiger partial charge in [-0.1, -0.05) is 0 Å². The van der Waals surface area contributed by atoms with Gasteiger partial charge >= 0.3 is 0 Å². The Kier molecular flexibility index (Phi) is 4.70. The number of imidazole rings is 1. The van der Waals surface area contributed by atoms with E-state index in [1.165, 1.54) is 18.6 Å². The third-order valence-corrected chi connectivity index (χ3v) is 3.85. The van der Waals surface area contributed by atoms with E-state index >= 15 is 0 Å². The highest BCUT2D eigenvalue weighted by Crippen LogP contribution is 2.19. The molecule has 0 saturated carbocycles. The van der Waals surface area contributed by atoms with Gasteiger partial charge in [0.05, 0.1) is 11.8 Å². The minimum absolute atomic E-state index is 0.0646. The topological polar surface area (TPSA) is 97.6 Å². The first-order valence-electron chi connectivity index (χ1n) is 8.27. The molecule has 4 aromatic rings. The predicted molar refractivity (Wildman–Crippen MR) is 101 cm³/mol. The van der Waals surface area contributed by atoms with Crippen LogP contribution in [0.1, 0.15) is 10.4 Å². The lowest BCUT2D eigenvalue weighted by Crippen LogP contribution is -2.13. The second kappa shape index (κ2) is 7.62. The Morgan fingerprint density at radius 2 is 1.82 bits per heavy atom. The van der Waals surface area contributed by atoms with Crippen LogP contribution in [0.5, 0.6) is 0 Å². The molecule has 0 fully saturated rings. The second-order valence-electron chi connectivity index (χ2n) is 5.74. The molecule has 0 aliphatic rings. The molecule has 0 bridgehead atoms. The number of amides is 1. The molecule has 1 aromatic carbocycles. The fourth-order valence-electron chi connectivity index (χ4n) is 2.49. The first kappa shape index (κ1) is 17.3. The van der Waals surface area contributed by atoms with Crippen molar-refractivity contribution < 1.29 is 9.18 Å². The lowest BCUT2D eigenvalue weighted by atomic mass is 10.2. The molecule has 9 heteroatoms.